The van der Waals surface area contributed by atoms with Gasteiger partial charge in [0.2, 0.25) is 5.91 Å². The van der Waals surface area contributed by atoms with Crippen LogP contribution >= 0.6 is 0 Å². The summed E-state index contributed by atoms with van der Waals surface area (Å²) in [6.45, 7) is 9.60. The largest absolute Gasteiger partial charge is 0.325 e. The Bertz CT molecular complexity index is 914. The summed E-state index contributed by atoms with van der Waals surface area (Å²) in [6.07, 6.45) is 7.98. The molecule has 4 rings (SSSR count). The minimum absolute atomic E-state index is 0.232. The zero-order valence-corrected chi connectivity index (χ0v) is 21.0. The summed E-state index contributed by atoms with van der Waals surface area (Å²) >= 11 is 0. The first kappa shape index (κ1) is 24.7. The van der Waals surface area contributed by atoms with Gasteiger partial charge in [-0.15, -0.1) is 0 Å². The molecule has 0 aromatic heterocycles. The predicted octanol–water partition coefficient (Wildman–Crippen LogP) is 4.53. The molecule has 2 aliphatic heterocycles. The molecule has 1 aromatic rings. The molecule has 7 nitrogen and oxygen atoms in total. The number of nitrogens with one attached hydrogen (secondary N) is 2. The maximum absolute atomic E-state index is 13.2. The lowest BCUT2D eigenvalue weighted by Crippen LogP contribution is -2.51. The number of urea groups is 1. The number of nitrogens with zero attached hydrogens (tertiary/aromatic N) is 2. The van der Waals surface area contributed by atoms with Crippen LogP contribution in [0.1, 0.15) is 77.7 Å². The van der Waals surface area contributed by atoms with Crippen LogP contribution in [-0.4, -0.2) is 52.8 Å². The molecule has 0 bridgehead atoms. The third-order valence-corrected chi connectivity index (χ3v) is 8.47. The minimum Gasteiger partial charge on any atom is -0.325 e. The van der Waals surface area contributed by atoms with E-state index in [1.165, 1.54) is 19.3 Å². The zero-order valence-electron chi connectivity index (χ0n) is 21.0. The fourth-order valence-electron chi connectivity index (χ4n) is 5.81. The van der Waals surface area contributed by atoms with Gasteiger partial charge in [0.05, 0.1) is 0 Å². The fraction of sp³-hybridized carbons (Fsp3) is 0.667. The Morgan fingerprint density at radius 2 is 1.85 bits per heavy atom. The molecule has 1 aromatic carbocycles. The predicted molar refractivity (Wildman–Crippen MR) is 133 cm³/mol. The maximum atomic E-state index is 13.2. The van der Waals surface area contributed by atoms with Crippen LogP contribution in [0.4, 0.5) is 10.5 Å². The molecular weight excluding hydrogens is 428 g/mol. The van der Waals surface area contributed by atoms with E-state index in [0.29, 0.717) is 24.4 Å². The molecule has 0 atom stereocenters. The molecule has 3 fully saturated rings. The van der Waals surface area contributed by atoms with Crippen molar-refractivity contribution >= 4 is 23.5 Å². The highest BCUT2D eigenvalue weighted by Gasteiger charge is 2.53. The number of anilines is 1. The molecule has 2 heterocycles. The lowest BCUT2D eigenvalue weighted by atomic mass is 9.65. The van der Waals surface area contributed by atoms with E-state index in [2.05, 4.69) is 42.4 Å². The molecule has 2 saturated heterocycles. The number of benzene rings is 1. The van der Waals surface area contributed by atoms with Crippen molar-refractivity contribution in [1.29, 1.82) is 0 Å². The van der Waals surface area contributed by atoms with Gasteiger partial charge in [-0.1, -0.05) is 45.7 Å². The number of rotatable bonds is 7. The van der Waals surface area contributed by atoms with Crippen LogP contribution in [0.3, 0.4) is 0 Å². The molecule has 7 heteroatoms. The summed E-state index contributed by atoms with van der Waals surface area (Å²) in [5.74, 6) is -0.0573. The molecule has 0 unspecified atom stereocenters. The van der Waals surface area contributed by atoms with E-state index in [0.717, 1.165) is 49.4 Å². The van der Waals surface area contributed by atoms with Crippen LogP contribution in [0.25, 0.3) is 0 Å². The van der Waals surface area contributed by atoms with Gasteiger partial charge >= 0.3 is 6.03 Å². The van der Waals surface area contributed by atoms with Gasteiger partial charge in [0, 0.05) is 12.2 Å². The van der Waals surface area contributed by atoms with Gasteiger partial charge in [-0.05, 0) is 80.6 Å². The summed E-state index contributed by atoms with van der Waals surface area (Å²) in [6, 6.07) is 7.39. The highest BCUT2D eigenvalue weighted by Crippen LogP contribution is 2.45. The summed E-state index contributed by atoms with van der Waals surface area (Å²) in [7, 11) is 0. The minimum atomic E-state index is -0.841. The summed E-state index contributed by atoms with van der Waals surface area (Å²) in [4.78, 5) is 42.2. The van der Waals surface area contributed by atoms with E-state index in [1.807, 2.05) is 18.2 Å². The molecule has 1 spiro atoms. The normalized spacial score (nSPS) is 26.1. The van der Waals surface area contributed by atoms with E-state index >= 15 is 0 Å². The smallest absolute Gasteiger partial charge is 0.325 e. The molecule has 0 radical (unpaired) electrons. The number of carbonyl (C=O) groups excluding carboxylic acids is 3. The molecule has 2 N–H and O–H groups in total. The molecule has 3 aliphatic rings. The number of piperidine rings is 1. The van der Waals surface area contributed by atoms with Crippen molar-refractivity contribution < 1.29 is 14.4 Å². The lowest BCUT2D eigenvalue weighted by Gasteiger charge is -2.42. The quantitative estimate of drug-likeness (QED) is 0.576. The Morgan fingerprint density at radius 1 is 1.15 bits per heavy atom. The lowest BCUT2D eigenvalue weighted by molar-refractivity contribution is -0.135. The summed E-state index contributed by atoms with van der Waals surface area (Å²) in [5.41, 5.74) is 1.24. The van der Waals surface area contributed by atoms with Crippen molar-refractivity contribution in [1.82, 2.24) is 15.1 Å². The number of likely N-dealkylation sites (tertiary alicyclic amines) is 1. The number of hydrogen-bond acceptors (Lipinski definition) is 4. The van der Waals surface area contributed by atoms with Gasteiger partial charge in [0.1, 0.15) is 12.1 Å². The second-order valence-electron chi connectivity index (χ2n) is 11.1. The Kier molecular flexibility index (Phi) is 7.31. The highest BCUT2D eigenvalue weighted by molar-refractivity contribution is 6.10. The Hall–Kier alpha value is -2.41. The van der Waals surface area contributed by atoms with Crippen LogP contribution in [0.15, 0.2) is 24.3 Å². The zero-order chi connectivity index (χ0) is 24.3. The van der Waals surface area contributed by atoms with Crippen LogP contribution in [0.5, 0.6) is 0 Å². The van der Waals surface area contributed by atoms with Crippen LogP contribution in [0, 0.1) is 11.3 Å². The van der Waals surface area contributed by atoms with E-state index in [-0.39, 0.29) is 23.8 Å². The Morgan fingerprint density at radius 3 is 2.53 bits per heavy atom. The summed E-state index contributed by atoms with van der Waals surface area (Å²) in [5, 5.41) is 5.82. The molecule has 186 valence electrons. The number of hydrogen-bond donors (Lipinski definition) is 2. The Labute approximate surface area is 203 Å². The van der Waals surface area contributed by atoms with Gasteiger partial charge < -0.3 is 10.6 Å². The van der Waals surface area contributed by atoms with Crippen molar-refractivity contribution in [2.24, 2.45) is 11.3 Å². The monoisotopic (exact) mass is 468 g/mol. The van der Waals surface area contributed by atoms with Crippen molar-refractivity contribution in [2.75, 3.05) is 25.0 Å². The van der Waals surface area contributed by atoms with Crippen molar-refractivity contribution in [3.8, 4) is 0 Å². The molecule has 1 saturated carbocycles. The Balaban J connectivity index is 1.33. The van der Waals surface area contributed by atoms with Gasteiger partial charge in [-0.2, -0.15) is 0 Å². The molecule has 1 aliphatic carbocycles. The number of carbonyl (C=O) groups is 3. The first-order valence-corrected chi connectivity index (χ1v) is 13.0. The van der Waals surface area contributed by atoms with E-state index in [4.69, 9.17) is 0 Å². The van der Waals surface area contributed by atoms with Gasteiger partial charge in [-0.3, -0.25) is 19.4 Å². The van der Waals surface area contributed by atoms with Gasteiger partial charge in [-0.25, -0.2) is 4.79 Å². The maximum Gasteiger partial charge on any atom is 0.325 e. The molecule has 4 amide bonds. The third kappa shape index (κ3) is 5.29. The van der Waals surface area contributed by atoms with E-state index < -0.39 is 11.6 Å². The fourth-order valence-corrected chi connectivity index (χ4v) is 5.81. The molecule has 34 heavy (non-hydrogen) atoms. The van der Waals surface area contributed by atoms with E-state index in [1.54, 1.807) is 0 Å². The average molecular weight is 469 g/mol. The molecular formula is C27H40N4O3. The second-order valence-corrected chi connectivity index (χ2v) is 11.1. The first-order chi connectivity index (χ1) is 16.2. The number of imide groups is 1. The summed E-state index contributed by atoms with van der Waals surface area (Å²) < 4.78 is 0. The topological polar surface area (TPSA) is 81.8 Å². The van der Waals surface area contributed by atoms with Crippen molar-refractivity contribution in [3.05, 3.63) is 29.8 Å². The SMILES string of the molecule is CCC(C)(C)C1CCC2(CC1)NC(=O)N(CC(=O)Nc1cccc(CN3CCCCC3)c1)C2=O. The van der Waals surface area contributed by atoms with Crippen LogP contribution in [-0.2, 0) is 16.1 Å². The van der Waals surface area contributed by atoms with Crippen molar-refractivity contribution in [3.63, 3.8) is 0 Å². The van der Waals surface area contributed by atoms with Gasteiger partial charge in [0.15, 0.2) is 0 Å². The third-order valence-electron chi connectivity index (χ3n) is 8.47. The number of amides is 4. The second kappa shape index (κ2) is 10.1. The van der Waals surface area contributed by atoms with Crippen LogP contribution < -0.4 is 10.6 Å². The first-order valence-electron chi connectivity index (χ1n) is 13.0. The standard InChI is InChI=1S/C27H40N4O3/c1-4-26(2,3)21-11-13-27(14-12-21)24(33)31(25(34)29-27)19-23(32)28-22-10-8-9-20(17-22)18-30-15-6-5-7-16-30/h8-10,17,21H,4-7,11-16,18-19H2,1-3H3,(H,28,32)(H,29,34). The van der Waals surface area contributed by atoms with Gasteiger partial charge in [0.25, 0.3) is 5.91 Å². The average Bonchev–Trinajstić information content (AvgIpc) is 3.04. The van der Waals surface area contributed by atoms with Crippen molar-refractivity contribution in [2.45, 2.75) is 84.2 Å². The van der Waals surface area contributed by atoms with E-state index in [9.17, 15) is 14.4 Å². The highest BCUT2D eigenvalue weighted by atomic mass is 16.2. The van der Waals surface area contributed by atoms with Crippen LogP contribution in [0.2, 0.25) is 0 Å².